The van der Waals surface area contributed by atoms with E-state index in [2.05, 4.69) is 0 Å². The number of carbonyl (C=O) groups excluding carboxylic acids is 2. The molecule has 0 saturated carbocycles. The Morgan fingerprint density at radius 2 is 1.72 bits per heavy atom. The van der Waals surface area contributed by atoms with Gasteiger partial charge in [0.1, 0.15) is 9.71 Å². The van der Waals surface area contributed by atoms with Crippen LogP contribution in [0.4, 0.5) is 5.69 Å². The van der Waals surface area contributed by atoms with Gasteiger partial charge < -0.3 is 16.2 Å². The highest BCUT2D eigenvalue weighted by molar-refractivity contribution is 7.21. The summed E-state index contributed by atoms with van der Waals surface area (Å²) in [6.45, 7) is 0. The molecule has 0 bridgehead atoms. The van der Waals surface area contributed by atoms with Crippen LogP contribution >= 0.6 is 11.3 Å². The van der Waals surface area contributed by atoms with E-state index in [1.165, 1.54) is 7.11 Å². The van der Waals surface area contributed by atoms with Crippen molar-refractivity contribution in [2.75, 3.05) is 12.8 Å². The molecule has 0 saturated heterocycles. The molecule has 144 valence electrons. The highest BCUT2D eigenvalue weighted by Gasteiger charge is 2.20. The molecule has 4 N–H and O–H groups in total. The van der Waals surface area contributed by atoms with Crippen molar-refractivity contribution in [1.29, 1.82) is 0 Å². The zero-order chi connectivity index (χ0) is 20.5. The van der Waals surface area contributed by atoms with Crippen molar-refractivity contribution in [3.8, 4) is 22.4 Å². The fourth-order valence-electron chi connectivity index (χ4n) is 3.22. The average molecular weight is 403 g/mol. The van der Waals surface area contributed by atoms with E-state index in [-0.39, 0.29) is 4.88 Å². The second kappa shape index (κ2) is 7.37. The summed E-state index contributed by atoms with van der Waals surface area (Å²) in [7, 11) is 1.34. The molecule has 7 heteroatoms. The van der Waals surface area contributed by atoms with Crippen molar-refractivity contribution < 1.29 is 14.3 Å². The van der Waals surface area contributed by atoms with Crippen LogP contribution in [0.2, 0.25) is 0 Å². The fraction of sp³-hybridized carbons (Fsp3) is 0.0455. The molecule has 1 amide bonds. The molecule has 0 aliphatic heterocycles. The molecule has 6 nitrogen and oxygen atoms in total. The second-order valence-electron chi connectivity index (χ2n) is 6.38. The number of pyridine rings is 1. The van der Waals surface area contributed by atoms with Crippen molar-refractivity contribution in [2.45, 2.75) is 0 Å². The van der Waals surface area contributed by atoms with Crippen LogP contribution in [0, 0.1) is 0 Å². The van der Waals surface area contributed by atoms with Crippen LogP contribution < -0.4 is 11.5 Å². The largest absolute Gasteiger partial charge is 0.465 e. The fourth-order valence-corrected chi connectivity index (χ4v) is 4.19. The van der Waals surface area contributed by atoms with E-state index < -0.39 is 11.9 Å². The molecule has 0 aliphatic rings. The first-order valence-corrected chi connectivity index (χ1v) is 9.58. The summed E-state index contributed by atoms with van der Waals surface area (Å²) in [6.07, 6.45) is 0. The number of anilines is 1. The number of aromatic nitrogens is 1. The molecule has 0 spiro atoms. The Morgan fingerprint density at radius 3 is 2.41 bits per heavy atom. The Hall–Kier alpha value is -3.71. The maximum atomic E-state index is 12.0. The van der Waals surface area contributed by atoms with E-state index in [0.29, 0.717) is 21.5 Å². The number of thiophene rings is 1. The third kappa shape index (κ3) is 3.32. The van der Waals surface area contributed by atoms with Crippen LogP contribution in [0.5, 0.6) is 0 Å². The Balaban J connectivity index is 2.03. The minimum Gasteiger partial charge on any atom is -0.465 e. The third-order valence-corrected chi connectivity index (χ3v) is 5.70. The predicted molar refractivity (Wildman–Crippen MR) is 115 cm³/mol. The minimum absolute atomic E-state index is 0.267. The molecule has 0 atom stereocenters. The number of carbonyl (C=O) groups is 2. The highest BCUT2D eigenvalue weighted by atomic mass is 32.1. The van der Waals surface area contributed by atoms with E-state index in [0.717, 1.165) is 33.7 Å². The number of nitrogens with zero attached hydrogens (tertiary/aromatic N) is 1. The SMILES string of the molecule is COC(=O)c1cccc(-c2cc(-c3ccccc3)nc3sc(C(N)=O)c(N)c23)c1. The van der Waals surface area contributed by atoms with Gasteiger partial charge in [0, 0.05) is 10.9 Å². The van der Waals surface area contributed by atoms with Crippen molar-refractivity contribution in [1.82, 2.24) is 4.98 Å². The average Bonchev–Trinajstić information content (AvgIpc) is 3.10. The number of benzene rings is 2. The van der Waals surface area contributed by atoms with Gasteiger partial charge in [0.2, 0.25) is 0 Å². The van der Waals surface area contributed by atoms with E-state index in [1.54, 1.807) is 18.2 Å². The topological polar surface area (TPSA) is 108 Å². The normalized spacial score (nSPS) is 10.8. The number of methoxy groups -OCH3 is 1. The minimum atomic E-state index is -0.596. The number of hydrogen-bond acceptors (Lipinski definition) is 6. The molecular formula is C22H17N3O3S. The molecule has 4 rings (SSSR count). The Morgan fingerprint density at radius 1 is 1.00 bits per heavy atom. The maximum absolute atomic E-state index is 12.0. The monoisotopic (exact) mass is 403 g/mol. The van der Waals surface area contributed by atoms with E-state index in [1.807, 2.05) is 42.5 Å². The predicted octanol–water partition coefficient (Wildman–Crippen LogP) is 4.10. The molecular weight excluding hydrogens is 386 g/mol. The number of hydrogen-bond donors (Lipinski definition) is 2. The van der Waals surface area contributed by atoms with Crippen LogP contribution in [0.1, 0.15) is 20.0 Å². The van der Waals surface area contributed by atoms with Crippen molar-refractivity contribution in [2.24, 2.45) is 5.73 Å². The first-order valence-electron chi connectivity index (χ1n) is 8.76. The number of fused-ring (bicyclic) bond motifs is 1. The highest BCUT2D eigenvalue weighted by Crippen LogP contribution is 2.41. The summed E-state index contributed by atoms with van der Waals surface area (Å²) in [5.74, 6) is -1.03. The van der Waals surface area contributed by atoms with Gasteiger partial charge in [-0.3, -0.25) is 4.79 Å². The molecule has 2 aromatic heterocycles. The number of amides is 1. The molecule has 0 unspecified atom stereocenters. The van der Waals surface area contributed by atoms with Crippen molar-refractivity contribution >= 4 is 39.1 Å². The van der Waals surface area contributed by atoms with Crippen LogP contribution in [0.15, 0.2) is 60.7 Å². The van der Waals surface area contributed by atoms with Gasteiger partial charge in [0.25, 0.3) is 5.91 Å². The van der Waals surface area contributed by atoms with Gasteiger partial charge in [-0.05, 0) is 29.3 Å². The zero-order valence-corrected chi connectivity index (χ0v) is 16.3. The molecule has 4 aromatic rings. The van der Waals surface area contributed by atoms with Gasteiger partial charge >= 0.3 is 5.97 Å². The molecule has 0 radical (unpaired) electrons. The lowest BCUT2D eigenvalue weighted by molar-refractivity contribution is 0.0600. The molecule has 2 heterocycles. The van der Waals surface area contributed by atoms with Gasteiger partial charge in [-0.1, -0.05) is 42.5 Å². The van der Waals surface area contributed by atoms with Crippen LogP contribution in [-0.2, 0) is 4.74 Å². The smallest absolute Gasteiger partial charge is 0.337 e. The van der Waals surface area contributed by atoms with Crippen LogP contribution in [0.25, 0.3) is 32.6 Å². The quantitative estimate of drug-likeness (QED) is 0.499. The van der Waals surface area contributed by atoms with Gasteiger partial charge in [-0.2, -0.15) is 0 Å². The maximum Gasteiger partial charge on any atom is 0.337 e. The van der Waals surface area contributed by atoms with Gasteiger partial charge in [-0.15, -0.1) is 11.3 Å². The molecule has 2 aromatic carbocycles. The Kier molecular flexibility index (Phi) is 4.74. The van der Waals surface area contributed by atoms with Crippen molar-refractivity contribution in [3.63, 3.8) is 0 Å². The lowest BCUT2D eigenvalue weighted by Gasteiger charge is -2.10. The molecule has 29 heavy (non-hydrogen) atoms. The first kappa shape index (κ1) is 18.6. The number of nitrogen functional groups attached to an aromatic ring is 1. The van der Waals surface area contributed by atoms with E-state index >= 15 is 0 Å². The summed E-state index contributed by atoms with van der Waals surface area (Å²) in [5.41, 5.74) is 15.7. The van der Waals surface area contributed by atoms with Crippen LogP contribution in [-0.4, -0.2) is 24.0 Å². The number of esters is 1. The third-order valence-electron chi connectivity index (χ3n) is 4.59. The Labute approximate surface area is 170 Å². The van der Waals surface area contributed by atoms with Crippen LogP contribution in [0.3, 0.4) is 0 Å². The number of nitrogens with two attached hydrogens (primary N) is 2. The van der Waals surface area contributed by atoms with Crippen molar-refractivity contribution in [3.05, 3.63) is 71.1 Å². The summed E-state index contributed by atoms with van der Waals surface area (Å²) >= 11 is 1.16. The first-order chi connectivity index (χ1) is 14.0. The van der Waals surface area contributed by atoms with Gasteiger partial charge in [0.15, 0.2) is 0 Å². The summed E-state index contributed by atoms with van der Waals surface area (Å²) in [5, 5.41) is 0.644. The number of ether oxygens (including phenoxy) is 1. The summed E-state index contributed by atoms with van der Waals surface area (Å²) < 4.78 is 4.83. The van der Waals surface area contributed by atoms with E-state index in [9.17, 15) is 9.59 Å². The van der Waals surface area contributed by atoms with Gasteiger partial charge in [0.05, 0.1) is 24.1 Å². The molecule has 0 fully saturated rings. The second-order valence-corrected chi connectivity index (χ2v) is 7.38. The van der Waals surface area contributed by atoms with E-state index in [4.69, 9.17) is 21.2 Å². The Bertz CT molecular complexity index is 1250. The molecule has 0 aliphatic carbocycles. The summed E-state index contributed by atoms with van der Waals surface area (Å²) in [4.78, 5) is 29.4. The standard InChI is InChI=1S/C22H17N3O3S/c1-28-22(27)14-9-5-8-13(10-14)15-11-16(12-6-3-2-4-7-12)25-21-17(15)18(23)19(29-21)20(24)26/h2-11H,23H2,1H3,(H2,24,26). The number of primary amides is 1. The number of rotatable bonds is 4. The lowest BCUT2D eigenvalue weighted by atomic mass is 9.98. The van der Waals surface area contributed by atoms with Gasteiger partial charge in [-0.25, -0.2) is 9.78 Å². The zero-order valence-electron chi connectivity index (χ0n) is 15.5. The summed E-state index contributed by atoms with van der Waals surface area (Å²) in [6, 6.07) is 18.6. The lowest BCUT2D eigenvalue weighted by Crippen LogP contribution is -2.10.